The van der Waals surface area contributed by atoms with Crippen LogP contribution in [0.2, 0.25) is 5.02 Å². The lowest BCUT2D eigenvalue weighted by Crippen LogP contribution is -2.39. The number of rotatable bonds is 1. The van der Waals surface area contributed by atoms with Crippen LogP contribution < -0.4 is 11.2 Å². The van der Waals surface area contributed by atoms with Crippen LogP contribution in [-0.2, 0) is 7.05 Å². The Hall–Kier alpha value is -1.95. The molecule has 0 saturated heterocycles. The van der Waals surface area contributed by atoms with Crippen LogP contribution in [0.4, 0.5) is 8.78 Å². The molecule has 2 aromatic rings. The fourth-order valence-corrected chi connectivity index (χ4v) is 1.88. The molecule has 0 aliphatic heterocycles. The number of aryl methyl sites for hydroxylation is 1. The maximum Gasteiger partial charge on any atom is 0.335 e. The van der Waals surface area contributed by atoms with Crippen LogP contribution in [0.3, 0.4) is 0 Å². The maximum absolute atomic E-state index is 13.8. The lowest BCUT2D eigenvalue weighted by molar-refractivity contribution is 0.556. The van der Waals surface area contributed by atoms with Gasteiger partial charge in [0.15, 0.2) is 11.6 Å². The van der Waals surface area contributed by atoms with Gasteiger partial charge in [0.25, 0.3) is 5.56 Å². The lowest BCUT2D eigenvalue weighted by Gasteiger charge is -2.11. The van der Waals surface area contributed by atoms with Crippen molar-refractivity contribution in [3.05, 3.63) is 61.4 Å². The first kappa shape index (κ1) is 13.5. The third-order valence-corrected chi connectivity index (χ3v) is 2.98. The van der Waals surface area contributed by atoms with E-state index in [1.165, 1.54) is 7.05 Å². The van der Waals surface area contributed by atoms with Gasteiger partial charge >= 0.3 is 5.69 Å². The number of benzene rings is 1. The van der Waals surface area contributed by atoms with E-state index in [9.17, 15) is 18.4 Å². The first-order valence-electron chi connectivity index (χ1n) is 5.27. The molecule has 0 atom stereocenters. The second-order valence-corrected chi connectivity index (χ2v) is 4.46. The smallest absolute Gasteiger partial charge is 0.301 e. The molecule has 0 amide bonds. The van der Waals surface area contributed by atoms with Crippen LogP contribution in [0.15, 0.2) is 27.8 Å². The average Bonchev–Trinajstić information content (AvgIpc) is 2.29. The Kier molecular flexibility index (Phi) is 3.28. The summed E-state index contributed by atoms with van der Waals surface area (Å²) in [6.07, 6.45) is 0. The molecule has 0 saturated carbocycles. The molecule has 19 heavy (non-hydrogen) atoms. The summed E-state index contributed by atoms with van der Waals surface area (Å²) >= 11 is 5.50. The highest BCUT2D eigenvalue weighted by Gasteiger charge is 2.17. The third-order valence-electron chi connectivity index (χ3n) is 2.77. The number of aromatic nitrogens is 2. The topological polar surface area (TPSA) is 44.0 Å². The first-order chi connectivity index (χ1) is 8.82. The molecule has 0 spiro atoms. The van der Waals surface area contributed by atoms with E-state index in [2.05, 4.69) is 0 Å². The minimum absolute atomic E-state index is 0.157. The Balaban J connectivity index is 2.93. The first-order valence-corrected chi connectivity index (χ1v) is 5.65. The van der Waals surface area contributed by atoms with Crippen molar-refractivity contribution >= 4 is 11.6 Å². The molecule has 1 aromatic heterocycles. The minimum atomic E-state index is -1.08. The molecule has 1 aromatic carbocycles. The Morgan fingerprint density at radius 1 is 1.11 bits per heavy atom. The summed E-state index contributed by atoms with van der Waals surface area (Å²) in [7, 11) is 1.40. The van der Waals surface area contributed by atoms with E-state index < -0.39 is 28.6 Å². The van der Waals surface area contributed by atoms with E-state index in [-0.39, 0.29) is 5.02 Å². The molecular weight excluding hydrogens is 278 g/mol. The van der Waals surface area contributed by atoms with Crippen molar-refractivity contribution in [3.63, 3.8) is 0 Å². The molecule has 0 bridgehead atoms. The van der Waals surface area contributed by atoms with Gasteiger partial charge in [-0.05, 0) is 19.1 Å². The van der Waals surface area contributed by atoms with Gasteiger partial charge in [0.2, 0.25) is 0 Å². The number of hydrogen-bond acceptors (Lipinski definition) is 2. The van der Waals surface area contributed by atoms with Crippen molar-refractivity contribution in [3.8, 4) is 5.69 Å². The van der Waals surface area contributed by atoms with E-state index >= 15 is 0 Å². The maximum atomic E-state index is 13.8. The Morgan fingerprint density at radius 3 is 2.16 bits per heavy atom. The van der Waals surface area contributed by atoms with Crippen molar-refractivity contribution in [1.82, 2.24) is 9.13 Å². The Labute approximate surface area is 111 Å². The molecule has 0 unspecified atom stereocenters. The summed E-state index contributed by atoms with van der Waals surface area (Å²) in [6.45, 7) is 1.54. The molecule has 100 valence electrons. The largest absolute Gasteiger partial charge is 0.335 e. The number of nitrogens with zero attached hydrogens (tertiary/aromatic N) is 2. The fourth-order valence-electron chi connectivity index (χ4n) is 1.69. The van der Waals surface area contributed by atoms with Crippen molar-refractivity contribution in [1.29, 1.82) is 0 Å². The van der Waals surface area contributed by atoms with Gasteiger partial charge in [0, 0.05) is 23.8 Å². The highest BCUT2D eigenvalue weighted by molar-refractivity contribution is 6.30. The van der Waals surface area contributed by atoms with Crippen LogP contribution in [-0.4, -0.2) is 9.13 Å². The molecule has 0 aliphatic carbocycles. The number of hydrogen-bond donors (Lipinski definition) is 0. The van der Waals surface area contributed by atoms with Gasteiger partial charge in [-0.2, -0.15) is 0 Å². The highest BCUT2D eigenvalue weighted by Crippen LogP contribution is 2.20. The predicted molar refractivity (Wildman–Crippen MR) is 66.9 cm³/mol. The summed E-state index contributed by atoms with van der Waals surface area (Å²) < 4.78 is 29.1. The van der Waals surface area contributed by atoms with Gasteiger partial charge in [0.05, 0.1) is 0 Å². The van der Waals surface area contributed by atoms with Gasteiger partial charge in [-0.1, -0.05) is 11.6 Å². The van der Waals surface area contributed by atoms with Crippen molar-refractivity contribution in [2.45, 2.75) is 6.92 Å². The van der Waals surface area contributed by atoms with Crippen molar-refractivity contribution < 1.29 is 8.78 Å². The summed E-state index contributed by atoms with van der Waals surface area (Å²) in [6, 6.07) is 2.80. The SMILES string of the molecule is Cc1cc(=O)n(-c2c(F)cc(Cl)cc2F)c(=O)n1C. The molecular formula is C12H9ClF2N2O2. The monoisotopic (exact) mass is 286 g/mol. The van der Waals surface area contributed by atoms with Crippen LogP contribution in [0, 0.1) is 18.6 Å². The quantitative estimate of drug-likeness (QED) is 0.802. The van der Waals surface area contributed by atoms with Crippen LogP contribution in [0.1, 0.15) is 5.69 Å². The normalized spacial score (nSPS) is 10.8. The summed E-state index contributed by atoms with van der Waals surface area (Å²) in [5.74, 6) is -2.15. The third kappa shape index (κ3) is 2.19. The Bertz CT molecular complexity index is 757. The van der Waals surface area contributed by atoms with Gasteiger partial charge in [-0.25, -0.2) is 18.1 Å². The van der Waals surface area contributed by atoms with Crippen molar-refractivity contribution in [2.24, 2.45) is 7.05 Å². The van der Waals surface area contributed by atoms with Crippen LogP contribution >= 0.6 is 11.6 Å². The van der Waals surface area contributed by atoms with Crippen LogP contribution in [0.25, 0.3) is 5.69 Å². The molecule has 0 N–H and O–H groups in total. The summed E-state index contributed by atoms with van der Waals surface area (Å²) in [5.41, 5.74) is -1.97. The average molecular weight is 287 g/mol. The van der Waals surface area contributed by atoms with Gasteiger partial charge in [-0.3, -0.25) is 4.79 Å². The van der Waals surface area contributed by atoms with Crippen LogP contribution in [0.5, 0.6) is 0 Å². The number of halogens is 3. The second-order valence-electron chi connectivity index (χ2n) is 4.02. The summed E-state index contributed by atoms with van der Waals surface area (Å²) in [4.78, 5) is 23.7. The standard InChI is InChI=1S/C12H9ClF2N2O2/c1-6-3-10(18)17(12(19)16(6)2)11-8(14)4-7(13)5-9(11)15/h3-5H,1-2H3. The molecule has 0 radical (unpaired) electrons. The zero-order chi connectivity index (χ0) is 14.3. The zero-order valence-corrected chi connectivity index (χ0v) is 10.8. The second kappa shape index (κ2) is 4.62. The van der Waals surface area contributed by atoms with Gasteiger partial charge in [0.1, 0.15) is 5.69 Å². The van der Waals surface area contributed by atoms with E-state index in [1.807, 2.05) is 0 Å². The molecule has 1 heterocycles. The van der Waals surface area contributed by atoms with Gasteiger partial charge < -0.3 is 4.57 Å². The minimum Gasteiger partial charge on any atom is -0.301 e. The molecule has 0 fully saturated rings. The van der Waals surface area contributed by atoms with E-state index in [0.29, 0.717) is 10.3 Å². The predicted octanol–water partition coefficient (Wildman–Crippen LogP) is 1.78. The molecule has 2 rings (SSSR count). The van der Waals surface area contributed by atoms with E-state index in [1.54, 1.807) is 6.92 Å². The zero-order valence-electron chi connectivity index (χ0n) is 10.1. The highest BCUT2D eigenvalue weighted by atomic mass is 35.5. The van der Waals surface area contributed by atoms with E-state index in [0.717, 1.165) is 22.8 Å². The van der Waals surface area contributed by atoms with Gasteiger partial charge in [-0.15, -0.1) is 0 Å². The van der Waals surface area contributed by atoms with Crippen molar-refractivity contribution in [2.75, 3.05) is 0 Å². The summed E-state index contributed by atoms with van der Waals surface area (Å²) in [5, 5.41) is -0.157. The van der Waals surface area contributed by atoms with E-state index in [4.69, 9.17) is 11.6 Å². The molecule has 7 heteroatoms. The Morgan fingerprint density at radius 2 is 1.63 bits per heavy atom. The molecule has 0 aliphatic rings. The lowest BCUT2D eigenvalue weighted by atomic mass is 10.2. The molecule has 4 nitrogen and oxygen atoms in total. The fraction of sp³-hybridized carbons (Fsp3) is 0.167.